The van der Waals surface area contributed by atoms with Crippen LogP contribution in [0.2, 0.25) is 0 Å². The molecule has 0 radical (unpaired) electrons. The summed E-state index contributed by atoms with van der Waals surface area (Å²) in [6, 6.07) is 5.20. The van der Waals surface area contributed by atoms with Crippen LogP contribution in [0.25, 0.3) is 0 Å². The second kappa shape index (κ2) is 5.41. The van der Waals surface area contributed by atoms with Crippen LogP contribution in [0.3, 0.4) is 0 Å². The molecule has 0 amide bonds. The van der Waals surface area contributed by atoms with Crippen molar-refractivity contribution < 1.29 is 9.84 Å². The average molecular weight is 235 g/mol. The zero-order valence-corrected chi connectivity index (χ0v) is 10.4. The van der Waals surface area contributed by atoms with Crippen molar-refractivity contribution >= 4 is 0 Å². The summed E-state index contributed by atoms with van der Waals surface area (Å²) in [5.41, 5.74) is 7.09. The molecular weight excluding hydrogens is 214 g/mol. The number of hydrogen-bond donors (Lipinski definition) is 2. The number of hydrogen-bond acceptors (Lipinski definition) is 3. The lowest BCUT2D eigenvalue weighted by atomic mass is 9.81. The molecule has 0 heterocycles. The van der Waals surface area contributed by atoms with E-state index >= 15 is 0 Å². The maximum atomic E-state index is 9.90. The van der Waals surface area contributed by atoms with E-state index in [1.807, 2.05) is 6.07 Å². The molecule has 3 heteroatoms. The zero-order chi connectivity index (χ0) is 12.3. The number of nitrogens with two attached hydrogens (primary N) is 1. The van der Waals surface area contributed by atoms with Crippen molar-refractivity contribution in [1.29, 1.82) is 0 Å². The van der Waals surface area contributed by atoms with Gasteiger partial charge in [0.15, 0.2) is 0 Å². The van der Waals surface area contributed by atoms with Crippen LogP contribution in [0.4, 0.5) is 0 Å². The third-order valence-corrected chi connectivity index (χ3v) is 3.75. The molecule has 2 rings (SSSR count). The molecule has 1 aromatic carbocycles. The molecule has 0 bridgehead atoms. The first-order valence-corrected chi connectivity index (χ1v) is 6.35. The lowest BCUT2D eigenvalue weighted by Crippen LogP contribution is -2.23. The van der Waals surface area contributed by atoms with Gasteiger partial charge in [-0.15, -0.1) is 0 Å². The molecule has 17 heavy (non-hydrogen) atoms. The van der Waals surface area contributed by atoms with Gasteiger partial charge in [-0.2, -0.15) is 0 Å². The van der Waals surface area contributed by atoms with Crippen molar-refractivity contribution in [3.05, 3.63) is 23.8 Å². The summed E-state index contributed by atoms with van der Waals surface area (Å²) in [4.78, 5) is 0. The van der Waals surface area contributed by atoms with E-state index in [2.05, 4.69) is 0 Å². The monoisotopic (exact) mass is 235 g/mol. The van der Waals surface area contributed by atoms with Gasteiger partial charge in [-0.05, 0) is 37.0 Å². The minimum absolute atomic E-state index is 0.0783. The van der Waals surface area contributed by atoms with Gasteiger partial charge in [-0.3, -0.25) is 0 Å². The Balaban J connectivity index is 2.19. The lowest BCUT2D eigenvalue weighted by molar-refractivity contribution is 0.302. The Morgan fingerprint density at radius 1 is 1.29 bits per heavy atom. The molecule has 1 aliphatic rings. The van der Waals surface area contributed by atoms with Crippen LogP contribution in [0.5, 0.6) is 11.5 Å². The van der Waals surface area contributed by atoms with Crippen LogP contribution in [0.1, 0.15) is 43.7 Å². The summed E-state index contributed by atoms with van der Waals surface area (Å²) >= 11 is 0. The second-order valence-corrected chi connectivity index (χ2v) is 4.85. The fourth-order valence-electron chi connectivity index (χ4n) is 2.67. The van der Waals surface area contributed by atoms with Gasteiger partial charge in [-0.1, -0.05) is 19.3 Å². The van der Waals surface area contributed by atoms with Gasteiger partial charge in [0.25, 0.3) is 0 Å². The number of ether oxygens (including phenoxy) is 1. The summed E-state index contributed by atoms with van der Waals surface area (Å²) in [7, 11) is 1.63. The van der Waals surface area contributed by atoms with E-state index < -0.39 is 0 Å². The zero-order valence-electron chi connectivity index (χ0n) is 10.4. The Kier molecular flexibility index (Phi) is 3.89. The number of rotatable bonds is 3. The molecule has 1 fully saturated rings. The fraction of sp³-hybridized carbons (Fsp3) is 0.571. The molecule has 3 nitrogen and oxygen atoms in total. The first-order valence-electron chi connectivity index (χ1n) is 6.35. The number of methoxy groups -OCH3 is 1. The highest BCUT2D eigenvalue weighted by Crippen LogP contribution is 2.37. The van der Waals surface area contributed by atoms with Gasteiger partial charge < -0.3 is 15.6 Å². The molecule has 0 spiro atoms. The van der Waals surface area contributed by atoms with Crippen LogP contribution < -0.4 is 10.5 Å². The first-order chi connectivity index (χ1) is 8.22. The van der Waals surface area contributed by atoms with Crippen molar-refractivity contribution in [3.63, 3.8) is 0 Å². The predicted octanol–water partition coefficient (Wildman–Crippen LogP) is 2.98. The van der Waals surface area contributed by atoms with Gasteiger partial charge in [0.2, 0.25) is 0 Å². The predicted molar refractivity (Wildman–Crippen MR) is 68.2 cm³/mol. The highest BCUT2D eigenvalue weighted by Gasteiger charge is 2.24. The molecule has 1 saturated carbocycles. The van der Waals surface area contributed by atoms with Crippen molar-refractivity contribution in [2.45, 2.75) is 38.1 Å². The Labute approximate surface area is 103 Å². The third kappa shape index (κ3) is 2.72. The normalized spacial score (nSPS) is 18.9. The number of benzene rings is 1. The number of phenols is 1. The lowest BCUT2D eigenvalue weighted by Gasteiger charge is -2.28. The molecule has 0 saturated heterocycles. The Hall–Kier alpha value is -1.22. The van der Waals surface area contributed by atoms with E-state index in [0.717, 1.165) is 24.2 Å². The van der Waals surface area contributed by atoms with Gasteiger partial charge >= 0.3 is 0 Å². The van der Waals surface area contributed by atoms with Crippen LogP contribution in [-0.2, 0) is 0 Å². The smallest absolute Gasteiger partial charge is 0.120 e. The van der Waals surface area contributed by atoms with Gasteiger partial charge in [0, 0.05) is 11.6 Å². The van der Waals surface area contributed by atoms with Crippen LogP contribution >= 0.6 is 0 Å². The SMILES string of the molecule is COc1ccc(O)c([C@@H](N)C2CCCCC2)c1. The summed E-state index contributed by atoms with van der Waals surface area (Å²) in [6.45, 7) is 0. The summed E-state index contributed by atoms with van der Waals surface area (Å²) in [6.07, 6.45) is 6.15. The van der Waals surface area contributed by atoms with E-state index in [1.165, 1.54) is 19.3 Å². The molecule has 0 unspecified atom stereocenters. The molecule has 3 N–H and O–H groups in total. The molecule has 1 aliphatic carbocycles. The third-order valence-electron chi connectivity index (χ3n) is 3.75. The van der Waals surface area contributed by atoms with E-state index in [4.69, 9.17) is 10.5 Å². The maximum absolute atomic E-state index is 9.90. The van der Waals surface area contributed by atoms with E-state index in [1.54, 1.807) is 19.2 Å². The molecular formula is C14H21NO2. The fourth-order valence-corrected chi connectivity index (χ4v) is 2.67. The Bertz CT molecular complexity index is 372. The van der Waals surface area contributed by atoms with Crippen molar-refractivity contribution in [2.24, 2.45) is 11.7 Å². The van der Waals surface area contributed by atoms with Crippen molar-refractivity contribution in [2.75, 3.05) is 7.11 Å². The number of aromatic hydroxyl groups is 1. The standard InChI is InChI=1S/C14H21NO2/c1-17-11-7-8-13(16)12(9-11)14(15)10-5-3-2-4-6-10/h7-10,14,16H,2-6,15H2,1H3/t14-/m0/s1. The van der Waals surface area contributed by atoms with Crippen molar-refractivity contribution in [1.82, 2.24) is 0 Å². The van der Waals surface area contributed by atoms with Crippen molar-refractivity contribution in [3.8, 4) is 11.5 Å². The highest BCUT2D eigenvalue weighted by molar-refractivity contribution is 5.41. The minimum atomic E-state index is -0.0783. The Morgan fingerprint density at radius 2 is 2.00 bits per heavy atom. The molecule has 1 atom stereocenters. The highest BCUT2D eigenvalue weighted by atomic mass is 16.5. The van der Waals surface area contributed by atoms with Gasteiger partial charge in [-0.25, -0.2) is 0 Å². The quantitative estimate of drug-likeness (QED) is 0.846. The molecule has 94 valence electrons. The molecule has 0 aromatic heterocycles. The largest absolute Gasteiger partial charge is 0.508 e. The summed E-state index contributed by atoms with van der Waals surface area (Å²) < 4.78 is 5.18. The minimum Gasteiger partial charge on any atom is -0.508 e. The summed E-state index contributed by atoms with van der Waals surface area (Å²) in [5.74, 6) is 1.52. The maximum Gasteiger partial charge on any atom is 0.120 e. The summed E-state index contributed by atoms with van der Waals surface area (Å²) in [5, 5.41) is 9.90. The van der Waals surface area contributed by atoms with E-state index in [9.17, 15) is 5.11 Å². The average Bonchev–Trinajstić information content (AvgIpc) is 2.39. The molecule has 0 aliphatic heterocycles. The second-order valence-electron chi connectivity index (χ2n) is 4.85. The van der Waals surface area contributed by atoms with E-state index in [0.29, 0.717) is 5.92 Å². The van der Waals surface area contributed by atoms with Gasteiger partial charge in [0.05, 0.1) is 7.11 Å². The number of phenolic OH excluding ortho intramolecular Hbond substituents is 1. The van der Waals surface area contributed by atoms with Gasteiger partial charge in [0.1, 0.15) is 11.5 Å². The van der Waals surface area contributed by atoms with Crippen LogP contribution in [-0.4, -0.2) is 12.2 Å². The van der Waals surface area contributed by atoms with E-state index in [-0.39, 0.29) is 11.8 Å². The topological polar surface area (TPSA) is 55.5 Å². The van der Waals surface area contributed by atoms with Crippen LogP contribution in [0.15, 0.2) is 18.2 Å². The first kappa shape index (κ1) is 12.2. The van der Waals surface area contributed by atoms with Crippen LogP contribution in [0, 0.1) is 5.92 Å². The molecule has 1 aromatic rings. The Morgan fingerprint density at radius 3 is 2.65 bits per heavy atom.